The summed E-state index contributed by atoms with van der Waals surface area (Å²) >= 11 is 0. The van der Waals surface area contributed by atoms with E-state index < -0.39 is 0 Å². The fourth-order valence-electron chi connectivity index (χ4n) is 7.68. The van der Waals surface area contributed by atoms with Gasteiger partial charge in [0.1, 0.15) is 6.54 Å². The molecule has 1 saturated heterocycles. The molecule has 0 radical (unpaired) electrons. The first-order valence-electron chi connectivity index (χ1n) is 11.1. The molecule has 5 heteroatoms. The molecule has 148 valence electrons. The van der Waals surface area contributed by atoms with Crippen LogP contribution in [-0.2, 0) is 14.4 Å². The van der Waals surface area contributed by atoms with Gasteiger partial charge in [0.25, 0.3) is 0 Å². The number of hydrogen-bond acceptors (Lipinski definition) is 3. The highest BCUT2D eigenvalue weighted by Crippen LogP contribution is 2.61. The quantitative estimate of drug-likeness (QED) is 0.772. The Kier molecular flexibility index (Phi) is 4.14. The average molecular weight is 373 g/mol. The minimum atomic E-state index is -0.167. The van der Waals surface area contributed by atoms with E-state index >= 15 is 0 Å². The van der Waals surface area contributed by atoms with E-state index in [1.807, 2.05) is 0 Å². The standard InChI is InChI=1S/C22H32N2O3/c1-13(22-9-14-6-15(10-22)8-16(7-14)11-22)23-19(25)12-24-20(26)17-4-2-3-5-18(17)21(24)27/h13-18H,2-12H2,1H3,(H,23,25)/t13-,14?,15?,16?,17-,18+,22?/m1/s1. The molecule has 5 nitrogen and oxygen atoms in total. The van der Waals surface area contributed by atoms with Gasteiger partial charge < -0.3 is 5.32 Å². The Balaban J connectivity index is 1.23. The number of imide groups is 1. The van der Waals surface area contributed by atoms with Crippen molar-refractivity contribution >= 4 is 17.7 Å². The average Bonchev–Trinajstić information content (AvgIpc) is 2.86. The van der Waals surface area contributed by atoms with E-state index in [0.717, 1.165) is 43.4 Å². The van der Waals surface area contributed by atoms with Crippen molar-refractivity contribution in [3.63, 3.8) is 0 Å². The van der Waals surface area contributed by atoms with Crippen LogP contribution < -0.4 is 5.32 Å². The van der Waals surface area contributed by atoms with Crippen molar-refractivity contribution in [3.8, 4) is 0 Å². The molecular formula is C22H32N2O3. The van der Waals surface area contributed by atoms with Gasteiger partial charge in [0.15, 0.2) is 0 Å². The summed E-state index contributed by atoms with van der Waals surface area (Å²) in [4.78, 5) is 39.2. The van der Waals surface area contributed by atoms with Crippen molar-refractivity contribution in [1.82, 2.24) is 10.2 Å². The van der Waals surface area contributed by atoms with E-state index in [9.17, 15) is 14.4 Å². The lowest BCUT2D eigenvalue weighted by Crippen LogP contribution is -2.57. The summed E-state index contributed by atoms with van der Waals surface area (Å²) in [6.45, 7) is 2.07. The Morgan fingerprint density at radius 3 is 1.96 bits per heavy atom. The third kappa shape index (κ3) is 2.84. The maximum Gasteiger partial charge on any atom is 0.240 e. The van der Waals surface area contributed by atoms with Gasteiger partial charge in [-0.2, -0.15) is 0 Å². The Morgan fingerprint density at radius 1 is 1.00 bits per heavy atom. The van der Waals surface area contributed by atoms with Crippen LogP contribution >= 0.6 is 0 Å². The van der Waals surface area contributed by atoms with Crippen LogP contribution in [0, 0.1) is 35.0 Å². The van der Waals surface area contributed by atoms with Crippen LogP contribution in [0.1, 0.15) is 71.1 Å². The zero-order valence-corrected chi connectivity index (χ0v) is 16.4. The zero-order valence-electron chi connectivity index (χ0n) is 16.4. The summed E-state index contributed by atoms with van der Waals surface area (Å²) < 4.78 is 0. The third-order valence-corrected chi connectivity index (χ3v) is 8.62. The molecule has 0 unspecified atom stereocenters. The lowest BCUT2D eigenvalue weighted by molar-refractivity contribution is -0.144. The highest BCUT2D eigenvalue weighted by Gasteiger charge is 2.54. The first-order valence-corrected chi connectivity index (χ1v) is 11.1. The van der Waals surface area contributed by atoms with Gasteiger partial charge in [0, 0.05) is 6.04 Å². The zero-order chi connectivity index (χ0) is 18.8. The minimum absolute atomic E-state index is 0.0820. The number of rotatable bonds is 4. The predicted molar refractivity (Wildman–Crippen MR) is 100 cm³/mol. The Labute approximate surface area is 161 Å². The van der Waals surface area contributed by atoms with Gasteiger partial charge in [-0.3, -0.25) is 19.3 Å². The van der Waals surface area contributed by atoms with Crippen LogP contribution in [0.2, 0.25) is 0 Å². The summed E-state index contributed by atoms with van der Waals surface area (Å²) in [5.74, 6) is 1.84. The molecule has 5 aliphatic carbocycles. The number of hydrogen-bond donors (Lipinski definition) is 1. The molecule has 0 aromatic carbocycles. The molecule has 1 heterocycles. The minimum Gasteiger partial charge on any atom is -0.352 e. The number of nitrogens with one attached hydrogen (secondary N) is 1. The molecule has 0 aromatic heterocycles. The number of likely N-dealkylation sites (tertiary alicyclic amines) is 1. The summed E-state index contributed by atoms with van der Waals surface area (Å²) in [5, 5.41) is 3.20. The fraction of sp³-hybridized carbons (Fsp3) is 0.864. The number of carbonyl (C=O) groups excluding carboxylic acids is 3. The van der Waals surface area contributed by atoms with Gasteiger partial charge in [0.2, 0.25) is 17.7 Å². The number of fused-ring (bicyclic) bond motifs is 1. The molecule has 6 rings (SSSR count). The topological polar surface area (TPSA) is 66.5 Å². The molecule has 0 aromatic rings. The second-order valence-corrected chi connectivity index (χ2v) is 10.3. The lowest BCUT2D eigenvalue weighted by Gasteiger charge is -2.59. The third-order valence-electron chi connectivity index (χ3n) is 8.62. The number of carbonyl (C=O) groups is 3. The number of amides is 3. The molecule has 3 atom stereocenters. The molecule has 6 aliphatic rings. The van der Waals surface area contributed by atoms with Crippen LogP contribution in [0.3, 0.4) is 0 Å². The van der Waals surface area contributed by atoms with E-state index in [4.69, 9.17) is 0 Å². The molecule has 1 aliphatic heterocycles. The van der Waals surface area contributed by atoms with Gasteiger partial charge in [-0.1, -0.05) is 12.8 Å². The van der Waals surface area contributed by atoms with Crippen molar-refractivity contribution in [2.24, 2.45) is 35.0 Å². The molecule has 1 N–H and O–H groups in total. The molecule has 0 spiro atoms. The molecule has 6 fully saturated rings. The van der Waals surface area contributed by atoms with Gasteiger partial charge in [-0.05, 0) is 81.5 Å². The summed E-state index contributed by atoms with van der Waals surface area (Å²) in [6, 6.07) is 0.133. The highest BCUT2D eigenvalue weighted by atomic mass is 16.2. The second-order valence-electron chi connectivity index (χ2n) is 10.3. The largest absolute Gasteiger partial charge is 0.352 e. The van der Waals surface area contributed by atoms with Crippen molar-refractivity contribution in [1.29, 1.82) is 0 Å². The number of nitrogens with zero attached hydrogens (tertiary/aromatic N) is 1. The van der Waals surface area contributed by atoms with Crippen LogP contribution in [0.4, 0.5) is 0 Å². The predicted octanol–water partition coefficient (Wildman–Crippen LogP) is 2.88. The van der Waals surface area contributed by atoms with E-state index in [1.54, 1.807) is 0 Å². The molecule has 4 bridgehead atoms. The van der Waals surface area contributed by atoms with Crippen molar-refractivity contribution in [2.45, 2.75) is 77.2 Å². The SMILES string of the molecule is C[C@@H](NC(=O)CN1C(=O)[C@H]2CCCC[C@H]2C1=O)C12CC3CC(CC(C3)C1)C2. The molecular weight excluding hydrogens is 340 g/mol. The summed E-state index contributed by atoms with van der Waals surface area (Å²) in [6.07, 6.45) is 11.5. The normalized spacial score (nSPS) is 43.7. The lowest BCUT2D eigenvalue weighted by atomic mass is 9.48. The second kappa shape index (κ2) is 6.31. The monoisotopic (exact) mass is 372 g/mol. The van der Waals surface area contributed by atoms with E-state index in [0.29, 0.717) is 0 Å². The van der Waals surface area contributed by atoms with Crippen molar-refractivity contribution < 1.29 is 14.4 Å². The van der Waals surface area contributed by atoms with Crippen LogP contribution in [0.25, 0.3) is 0 Å². The molecule has 27 heavy (non-hydrogen) atoms. The summed E-state index contributed by atoms with van der Waals surface area (Å²) in [5.41, 5.74) is 0.247. The highest BCUT2D eigenvalue weighted by molar-refractivity contribution is 6.07. The molecule has 3 amide bonds. The fourth-order valence-corrected chi connectivity index (χ4v) is 7.68. The van der Waals surface area contributed by atoms with E-state index in [2.05, 4.69) is 12.2 Å². The summed E-state index contributed by atoms with van der Waals surface area (Å²) in [7, 11) is 0. The maximum absolute atomic E-state index is 12.7. The Bertz CT molecular complexity index is 613. The van der Waals surface area contributed by atoms with Gasteiger partial charge in [-0.15, -0.1) is 0 Å². The van der Waals surface area contributed by atoms with Gasteiger partial charge in [-0.25, -0.2) is 0 Å². The molecule has 5 saturated carbocycles. The Morgan fingerprint density at radius 2 is 1.48 bits per heavy atom. The maximum atomic E-state index is 12.7. The van der Waals surface area contributed by atoms with Crippen LogP contribution in [0.5, 0.6) is 0 Å². The Hall–Kier alpha value is -1.39. The van der Waals surface area contributed by atoms with E-state index in [-0.39, 0.29) is 47.6 Å². The van der Waals surface area contributed by atoms with Gasteiger partial charge >= 0.3 is 0 Å². The van der Waals surface area contributed by atoms with Crippen LogP contribution in [0.15, 0.2) is 0 Å². The van der Waals surface area contributed by atoms with Crippen LogP contribution in [-0.4, -0.2) is 35.2 Å². The van der Waals surface area contributed by atoms with Gasteiger partial charge in [0.05, 0.1) is 11.8 Å². The smallest absolute Gasteiger partial charge is 0.240 e. The van der Waals surface area contributed by atoms with Crippen molar-refractivity contribution in [3.05, 3.63) is 0 Å². The first-order chi connectivity index (χ1) is 12.9. The first kappa shape index (κ1) is 17.7. The van der Waals surface area contributed by atoms with E-state index in [1.165, 1.54) is 43.4 Å². The van der Waals surface area contributed by atoms with Crippen molar-refractivity contribution in [2.75, 3.05) is 6.54 Å².